The van der Waals surface area contributed by atoms with Gasteiger partial charge in [0.15, 0.2) is 5.39 Å². The third-order valence-electron chi connectivity index (χ3n) is 5.70. The van der Waals surface area contributed by atoms with Crippen molar-refractivity contribution in [2.75, 3.05) is 0 Å². The minimum atomic E-state index is -0.404. The van der Waals surface area contributed by atoms with Crippen LogP contribution in [0.3, 0.4) is 0 Å². The summed E-state index contributed by atoms with van der Waals surface area (Å²) < 4.78 is 7.53. The topological polar surface area (TPSA) is 65.1 Å². The molecule has 0 saturated carbocycles. The smallest absolute Gasteiger partial charge is 0.269 e. The van der Waals surface area contributed by atoms with Crippen LogP contribution in [0.25, 0.3) is 33.5 Å². The van der Waals surface area contributed by atoms with Crippen LogP contribution in [0.1, 0.15) is 24.1 Å². The van der Waals surface area contributed by atoms with Crippen molar-refractivity contribution in [3.8, 4) is 11.4 Å². The van der Waals surface area contributed by atoms with Gasteiger partial charge in [-0.1, -0.05) is 66.7 Å². The number of nitrogens with zero attached hydrogens (tertiary/aromatic N) is 2. The van der Waals surface area contributed by atoms with Crippen LogP contribution in [0, 0.1) is 6.92 Å². The summed E-state index contributed by atoms with van der Waals surface area (Å²) in [6.07, 6.45) is 0. The van der Waals surface area contributed by atoms with Gasteiger partial charge in [-0.2, -0.15) is 4.98 Å². The molecule has 0 N–H and O–H groups in total. The fourth-order valence-electron chi connectivity index (χ4n) is 4.02. The van der Waals surface area contributed by atoms with E-state index < -0.39 is 5.56 Å². The summed E-state index contributed by atoms with van der Waals surface area (Å²) in [7, 11) is 0. The van der Waals surface area contributed by atoms with Crippen LogP contribution in [-0.2, 0) is 0 Å². The van der Waals surface area contributed by atoms with E-state index in [0.717, 1.165) is 16.7 Å². The van der Waals surface area contributed by atoms with Crippen LogP contribution in [-0.4, -0.2) is 9.55 Å². The Bertz CT molecular complexity index is 1550. The molecule has 3 aromatic carbocycles. The van der Waals surface area contributed by atoms with E-state index in [9.17, 15) is 9.59 Å². The first-order valence-electron chi connectivity index (χ1n) is 10.2. The lowest BCUT2D eigenvalue weighted by molar-refractivity contribution is 0.597. The molecule has 0 radical (unpaired) electrons. The average Bonchev–Trinajstić information content (AvgIpc) is 2.79. The van der Waals surface area contributed by atoms with Crippen molar-refractivity contribution in [1.29, 1.82) is 0 Å². The molecule has 0 saturated heterocycles. The molecule has 2 heterocycles. The predicted molar refractivity (Wildman–Crippen MR) is 122 cm³/mol. The van der Waals surface area contributed by atoms with Gasteiger partial charge in [0.2, 0.25) is 11.1 Å². The standard InChI is InChI=1S/C26H20N2O3/c1-16-10-6-7-13-19(16)24-27-25-22(23(29)20-14-8-9-15-21(20)31-25)26(30)28(24)17(2)18-11-4-3-5-12-18/h3-15,17H,1-2H3/t17-/m1/s1. The van der Waals surface area contributed by atoms with Crippen LogP contribution in [0.15, 0.2) is 92.9 Å². The lowest BCUT2D eigenvalue weighted by atomic mass is 10.0. The molecule has 5 aromatic rings. The van der Waals surface area contributed by atoms with E-state index in [-0.39, 0.29) is 22.6 Å². The molecule has 0 aliphatic rings. The Balaban J connectivity index is 1.94. The Morgan fingerprint density at radius 2 is 1.55 bits per heavy atom. The molecule has 5 heteroatoms. The summed E-state index contributed by atoms with van der Waals surface area (Å²) in [5, 5.41) is 0.343. The summed E-state index contributed by atoms with van der Waals surface area (Å²) in [5.41, 5.74) is 2.45. The number of aromatic nitrogens is 2. The Morgan fingerprint density at radius 1 is 0.871 bits per heavy atom. The zero-order valence-corrected chi connectivity index (χ0v) is 17.2. The SMILES string of the molecule is Cc1ccccc1-c1nc2oc3ccccc3c(=O)c2c(=O)n1[C@H](C)c1ccccc1. The van der Waals surface area contributed by atoms with Crippen molar-refractivity contribution in [3.05, 3.63) is 111 Å². The maximum atomic E-state index is 13.8. The second-order valence-corrected chi connectivity index (χ2v) is 7.62. The number of rotatable bonds is 3. The number of para-hydroxylation sites is 1. The summed E-state index contributed by atoms with van der Waals surface area (Å²) in [4.78, 5) is 31.7. The highest BCUT2D eigenvalue weighted by Gasteiger charge is 2.23. The van der Waals surface area contributed by atoms with E-state index in [1.165, 1.54) is 0 Å². The molecular formula is C26H20N2O3. The number of aryl methyl sites for hydroxylation is 1. The highest BCUT2D eigenvalue weighted by molar-refractivity contribution is 5.88. The molecule has 0 aliphatic carbocycles. The van der Waals surface area contributed by atoms with Crippen LogP contribution in [0.2, 0.25) is 0 Å². The van der Waals surface area contributed by atoms with Crippen molar-refractivity contribution >= 4 is 22.1 Å². The molecule has 5 rings (SSSR count). The van der Waals surface area contributed by atoms with Crippen molar-refractivity contribution in [1.82, 2.24) is 9.55 Å². The quantitative estimate of drug-likeness (QED) is 0.390. The largest absolute Gasteiger partial charge is 0.437 e. The van der Waals surface area contributed by atoms with Gasteiger partial charge in [-0.15, -0.1) is 0 Å². The molecule has 0 bridgehead atoms. The van der Waals surface area contributed by atoms with Gasteiger partial charge >= 0.3 is 0 Å². The van der Waals surface area contributed by atoms with Crippen LogP contribution in [0.5, 0.6) is 0 Å². The van der Waals surface area contributed by atoms with Crippen LogP contribution >= 0.6 is 0 Å². The Kier molecular flexibility index (Phi) is 4.51. The predicted octanol–water partition coefficient (Wildman–Crippen LogP) is 5.09. The van der Waals surface area contributed by atoms with Gasteiger partial charge in [-0.05, 0) is 37.1 Å². The number of fused-ring (bicyclic) bond motifs is 2. The number of hydrogen-bond donors (Lipinski definition) is 0. The minimum Gasteiger partial charge on any atom is -0.437 e. The maximum Gasteiger partial charge on any atom is 0.269 e. The summed E-state index contributed by atoms with van der Waals surface area (Å²) >= 11 is 0. The molecule has 0 spiro atoms. The molecular weight excluding hydrogens is 388 g/mol. The fourth-order valence-corrected chi connectivity index (χ4v) is 4.02. The van der Waals surface area contributed by atoms with Gasteiger partial charge in [-0.3, -0.25) is 14.2 Å². The van der Waals surface area contributed by atoms with Crippen molar-refractivity contribution < 1.29 is 4.42 Å². The molecule has 2 aromatic heterocycles. The van der Waals surface area contributed by atoms with Gasteiger partial charge in [0.05, 0.1) is 11.4 Å². The molecule has 0 aliphatic heterocycles. The van der Waals surface area contributed by atoms with Gasteiger partial charge < -0.3 is 4.42 Å². The lowest BCUT2D eigenvalue weighted by Crippen LogP contribution is -2.30. The van der Waals surface area contributed by atoms with Crippen molar-refractivity contribution in [2.45, 2.75) is 19.9 Å². The Hall–Kier alpha value is -3.99. The zero-order chi connectivity index (χ0) is 21.5. The lowest BCUT2D eigenvalue weighted by Gasteiger charge is -2.21. The van der Waals surface area contributed by atoms with Gasteiger partial charge in [0.1, 0.15) is 11.4 Å². The van der Waals surface area contributed by atoms with Crippen molar-refractivity contribution in [2.24, 2.45) is 0 Å². The third-order valence-corrected chi connectivity index (χ3v) is 5.70. The molecule has 5 nitrogen and oxygen atoms in total. The van der Waals surface area contributed by atoms with Gasteiger partial charge in [0, 0.05) is 5.56 Å². The summed E-state index contributed by atoms with van der Waals surface area (Å²) in [6.45, 7) is 3.91. The fraction of sp³-hybridized carbons (Fsp3) is 0.115. The highest BCUT2D eigenvalue weighted by atomic mass is 16.3. The van der Waals surface area contributed by atoms with E-state index in [0.29, 0.717) is 16.8 Å². The molecule has 1 atom stereocenters. The molecule has 31 heavy (non-hydrogen) atoms. The zero-order valence-electron chi connectivity index (χ0n) is 17.2. The van der Waals surface area contributed by atoms with Crippen molar-refractivity contribution in [3.63, 3.8) is 0 Å². The Labute approximate surface area is 178 Å². The first-order chi connectivity index (χ1) is 15.1. The average molecular weight is 408 g/mol. The van der Waals surface area contributed by atoms with Crippen LogP contribution < -0.4 is 11.0 Å². The molecule has 0 fully saturated rings. The Morgan fingerprint density at radius 3 is 2.32 bits per heavy atom. The third kappa shape index (κ3) is 3.06. The van der Waals surface area contributed by atoms with Crippen LogP contribution in [0.4, 0.5) is 0 Å². The van der Waals surface area contributed by atoms with E-state index in [1.54, 1.807) is 28.8 Å². The molecule has 0 amide bonds. The highest BCUT2D eigenvalue weighted by Crippen LogP contribution is 2.27. The monoisotopic (exact) mass is 408 g/mol. The minimum absolute atomic E-state index is 0.0289. The van der Waals surface area contributed by atoms with E-state index in [2.05, 4.69) is 0 Å². The number of hydrogen-bond acceptors (Lipinski definition) is 4. The number of benzene rings is 3. The first-order valence-corrected chi connectivity index (χ1v) is 10.2. The molecule has 0 unspecified atom stereocenters. The summed E-state index contributed by atoms with van der Waals surface area (Å²) in [6, 6.07) is 24.1. The van der Waals surface area contributed by atoms with E-state index in [4.69, 9.17) is 9.40 Å². The summed E-state index contributed by atoms with van der Waals surface area (Å²) in [5.74, 6) is 0.477. The first kappa shape index (κ1) is 19.0. The maximum absolute atomic E-state index is 13.8. The molecule has 152 valence electrons. The normalized spacial score (nSPS) is 12.3. The van der Waals surface area contributed by atoms with Gasteiger partial charge in [-0.25, -0.2) is 0 Å². The second kappa shape index (κ2) is 7.36. The second-order valence-electron chi connectivity index (χ2n) is 7.62. The van der Waals surface area contributed by atoms with Gasteiger partial charge in [0.25, 0.3) is 5.56 Å². The van der Waals surface area contributed by atoms with E-state index in [1.807, 2.05) is 68.4 Å². The van der Waals surface area contributed by atoms with E-state index >= 15 is 0 Å².